The lowest BCUT2D eigenvalue weighted by Crippen LogP contribution is -2.29. The molecule has 3 nitrogen and oxygen atoms in total. The van der Waals surface area contributed by atoms with E-state index >= 15 is 0 Å². The number of fused-ring (bicyclic) bond motifs is 1. The molecule has 1 aliphatic rings. The van der Waals surface area contributed by atoms with Gasteiger partial charge in [-0.25, -0.2) is 0 Å². The van der Waals surface area contributed by atoms with Crippen LogP contribution in [0.2, 0.25) is 0 Å². The van der Waals surface area contributed by atoms with E-state index in [1.165, 1.54) is 5.56 Å². The molecule has 0 spiro atoms. The highest BCUT2D eigenvalue weighted by Crippen LogP contribution is 2.25. The van der Waals surface area contributed by atoms with Gasteiger partial charge in [0.1, 0.15) is 5.78 Å². The molecule has 0 saturated carbocycles. The third-order valence-electron chi connectivity index (χ3n) is 3.16. The van der Waals surface area contributed by atoms with Crippen LogP contribution in [0.25, 0.3) is 0 Å². The number of rotatable bonds is 2. The fourth-order valence-corrected chi connectivity index (χ4v) is 2.23. The van der Waals surface area contributed by atoms with Crippen molar-refractivity contribution in [2.45, 2.75) is 19.3 Å². The second kappa shape index (κ2) is 4.47. The van der Waals surface area contributed by atoms with E-state index < -0.39 is 0 Å². The third-order valence-corrected chi connectivity index (χ3v) is 3.16. The van der Waals surface area contributed by atoms with Crippen molar-refractivity contribution in [3.63, 3.8) is 0 Å². The average Bonchev–Trinajstić information content (AvgIpc) is 2.48. The van der Waals surface area contributed by atoms with Gasteiger partial charge < -0.3 is 4.90 Å². The van der Waals surface area contributed by atoms with Crippen LogP contribution in [-0.4, -0.2) is 30.2 Å². The predicted octanol–water partition coefficient (Wildman–Crippen LogP) is 1.37. The first-order valence-electron chi connectivity index (χ1n) is 5.50. The summed E-state index contributed by atoms with van der Waals surface area (Å²) in [5.41, 5.74) is 2.27. The largest absolute Gasteiger partial charge is 0.344 e. The lowest BCUT2D eigenvalue weighted by atomic mass is 9.91. The van der Waals surface area contributed by atoms with Crippen molar-refractivity contribution in [2.75, 3.05) is 13.1 Å². The Bertz CT molecular complexity index is 414. The number of carbonyl (C=O) groups is 2. The van der Waals surface area contributed by atoms with E-state index in [1.807, 2.05) is 24.3 Å². The molecule has 0 N–H and O–H groups in total. The molecule has 0 aromatic heterocycles. The maximum Gasteiger partial charge on any atom is 0.209 e. The van der Waals surface area contributed by atoms with Crippen molar-refractivity contribution < 1.29 is 9.59 Å². The van der Waals surface area contributed by atoms with Gasteiger partial charge in [0.15, 0.2) is 0 Å². The van der Waals surface area contributed by atoms with Crippen LogP contribution in [0.15, 0.2) is 24.3 Å². The molecule has 0 saturated heterocycles. The number of hydrogen-bond donors (Lipinski definition) is 0. The molecule has 0 radical (unpaired) electrons. The first-order valence-corrected chi connectivity index (χ1v) is 5.50. The minimum Gasteiger partial charge on any atom is -0.344 e. The number of amides is 1. The number of ketones is 1. The number of carbonyl (C=O) groups excluding carboxylic acids is 2. The first-order chi connectivity index (χ1) is 7.72. The summed E-state index contributed by atoms with van der Waals surface area (Å²) in [6.45, 7) is 2.80. The SMILES string of the molecule is CC(=O)C1CN(C=O)CCc2ccccc21. The molecule has 3 heteroatoms. The molecule has 0 aliphatic carbocycles. The molecule has 2 rings (SSSR count). The van der Waals surface area contributed by atoms with Gasteiger partial charge in [-0.15, -0.1) is 0 Å². The molecule has 1 aromatic carbocycles. The topological polar surface area (TPSA) is 37.4 Å². The van der Waals surface area contributed by atoms with Crippen molar-refractivity contribution >= 4 is 12.2 Å². The lowest BCUT2D eigenvalue weighted by Gasteiger charge is -2.19. The molecule has 1 aromatic rings. The summed E-state index contributed by atoms with van der Waals surface area (Å²) in [5, 5.41) is 0. The smallest absolute Gasteiger partial charge is 0.209 e. The number of hydrogen-bond acceptors (Lipinski definition) is 2. The van der Waals surface area contributed by atoms with Crippen LogP contribution in [0.4, 0.5) is 0 Å². The number of Topliss-reactive ketones (excluding diaryl/α,β-unsaturated/α-hetero) is 1. The van der Waals surface area contributed by atoms with Crippen molar-refractivity contribution in [1.29, 1.82) is 0 Å². The highest BCUT2D eigenvalue weighted by molar-refractivity contribution is 5.84. The van der Waals surface area contributed by atoms with E-state index in [0.29, 0.717) is 13.1 Å². The van der Waals surface area contributed by atoms with Gasteiger partial charge in [-0.3, -0.25) is 9.59 Å². The first kappa shape index (κ1) is 10.9. The maximum atomic E-state index is 11.6. The van der Waals surface area contributed by atoms with Crippen LogP contribution >= 0.6 is 0 Å². The Morgan fingerprint density at radius 2 is 2.19 bits per heavy atom. The number of benzene rings is 1. The van der Waals surface area contributed by atoms with Crippen molar-refractivity contribution in [2.24, 2.45) is 0 Å². The summed E-state index contributed by atoms with van der Waals surface area (Å²) < 4.78 is 0. The molecule has 1 atom stereocenters. The standard InChI is InChI=1S/C13H15NO2/c1-10(16)13-8-14(9-15)7-6-11-4-2-3-5-12(11)13/h2-5,9,13H,6-8H2,1H3. The van der Waals surface area contributed by atoms with Gasteiger partial charge in [-0.2, -0.15) is 0 Å². The minimum absolute atomic E-state index is 0.126. The maximum absolute atomic E-state index is 11.6. The van der Waals surface area contributed by atoms with Crippen molar-refractivity contribution in [1.82, 2.24) is 4.90 Å². The Hall–Kier alpha value is -1.64. The van der Waals surface area contributed by atoms with Gasteiger partial charge in [0, 0.05) is 13.1 Å². The van der Waals surface area contributed by atoms with Crippen LogP contribution in [-0.2, 0) is 16.0 Å². The summed E-state index contributed by atoms with van der Waals surface area (Å²) in [6, 6.07) is 7.97. The Labute approximate surface area is 95.1 Å². The Balaban J connectivity index is 2.40. The lowest BCUT2D eigenvalue weighted by molar-refractivity contribution is -0.121. The molecule has 0 fully saturated rings. The highest BCUT2D eigenvalue weighted by atomic mass is 16.1. The monoisotopic (exact) mass is 217 g/mol. The Kier molecular flexibility index (Phi) is 3.04. The summed E-state index contributed by atoms with van der Waals surface area (Å²) in [6.07, 6.45) is 1.67. The Morgan fingerprint density at radius 1 is 1.44 bits per heavy atom. The van der Waals surface area contributed by atoms with Gasteiger partial charge in [0.25, 0.3) is 0 Å². The summed E-state index contributed by atoms with van der Waals surface area (Å²) in [4.78, 5) is 24.2. The molecule has 1 heterocycles. The molecule has 1 amide bonds. The quantitative estimate of drug-likeness (QED) is 0.702. The zero-order valence-electron chi connectivity index (χ0n) is 9.35. The second-order valence-electron chi connectivity index (χ2n) is 4.21. The van der Waals surface area contributed by atoms with Crippen LogP contribution in [0.1, 0.15) is 24.0 Å². The third kappa shape index (κ3) is 1.98. The van der Waals surface area contributed by atoms with Gasteiger partial charge in [0.2, 0.25) is 6.41 Å². The van der Waals surface area contributed by atoms with Crippen molar-refractivity contribution in [3.05, 3.63) is 35.4 Å². The van der Waals surface area contributed by atoms with E-state index in [4.69, 9.17) is 0 Å². The van der Waals surface area contributed by atoms with Gasteiger partial charge >= 0.3 is 0 Å². The van der Waals surface area contributed by atoms with Gasteiger partial charge in [-0.05, 0) is 24.5 Å². The Morgan fingerprint density at radius 3 is 2.88 bits per heavy atom. The fourth-order valence-electron chi connectivity index (χ4n) is 2.23. The molecular formula is C13H15NO2. The zero-order valence-corrected chi connectivity index (χ0v) is 9.35. The van der Waals surface area contributed by atoms with E-state index in [1.54, 1.807) is 11.8 Å². The average molecular weight is 217 g/mol. The molecule has 1 unspecified atom stereocenters. The fraction of sp³-hybridized carbons (Fsp3) is 0.385. The van der Waals surface area contributed by atoms with Crippen LogP contribution in [0, 0.1) is 0 Å². The summed E-state index contributed by atoms with van der Waals surface area (Å²) in [5.74, 6) is -0.0369. The van der Waals surface area contributed by atoms with Crippen LogP contribution < -0.4 is 0 Å². The summed E-state index contributed by atoms with van der Waals surface area (Å²) in [7, 11) is 0. The van der Waals surface area contributed by atoms with E-state index in [9.17, 15) is 9.59 Å². The van der Waals surface area contributed by atoms with E-state index in [-0.39, 0.29) is 11.7 Å². The highest BCUT2D eigenvalue weighted by Gasteiger charge is 2.25. The van der Waals surface area contributed by atoms with Crippen molar-refractivity contribution in [3.8, 4) is 0 Å². The minimum atomic E-state index is -0.163. The molecule has 1 aliphatic heterocycles. The van der Waals surface area contributed by atoms with Crippen LogP contribution in [0.5, 0.6) is 0 Å². The summed E-state index contributed by atoms with van der Waals surface area (Å²) >= 11 is 0. The van der Waals surface area contributed by atoms with E-state index in [2.05, 4.69) is 0 Å². The molecule has 84 valence electrons. The second-order valence-corrected chi connectivity index (χ2v) is 4.21. The van der Waals surface area contributed by atoms with Gasteiger partial charge in [0.05, 0.1) is 5.92 Å². The molecule has 0 bridgehead atoms. The normalized spacial score (nSPS) is 19.8. The van der Waals surface area contributed by atoms with E-state index in [0.717, 1.165) is 18.4 Å². The number of nitrogens with zero attached hydrogens (tertiary/aromatic N) is 1. The molecular weight excluding hydrogens is 202 g/mol. The van der Waals surface area contributed by atoms with Gasteiger partial charge in [-0.1, -0.05) is 24.3 Å². The van der Waals surface area contributed by atoms with Crippen LogP contribution in [0.3, 0.4) is 0 Å². The zero-order chi connectivity index (χ0) is 11.5. The molecule has 16 heavy (non-hydrogen) atoms. The predicted molar refractivity (Wildman–Crippen MR) is 61.2 cm³/mol.